The van der Waals surface area contributed by atoms with E-state index in [9.17, 15) is 13.2 Å². The third-order valence-electron chi connectivity index (χ3n) is 4.87. The standard InChI is InChI=1S/C18H29N3O5S/c1-13(2)14(3)19-18(22)20-8-10-21(11-9-20)27(23,24)17-12-15(25-4)6-7-16(17)26-5/h6-7,12-14H,8-11H2,1-5H3,(H,19,22). The van der Waals surface area contributed by atoms with Crippen molar-refractivity contribution in [3.63, 3.8) is 0 Å². The van der Waals surface area contributed by atoms with Crippen molar-refractivity contribution in [2.24, 2.45) is 5.92 Å². The Morgan fingerprint density at radius 2 is 1.70 bits per heavy atom. The molecule has 1 aliphatic rings. The molecule has 9 heteroatoms. The number of benzene rings is 1. The maximum atomic E-state index is 13.1. The molecule has 1 unspecified atom stereocenters. The minimum Gasteiger partial charge on any atom is -0.497 e. The number of hydrogen-bond donors (Lipinski definition) is 1. The average molecular weight is 400 g/mol. The smallest absolute Gasteiger partial charge is 0.317 e. The molecule has 1 atom stereocenters. The predicted octanol–water partition coefficient (Wildman–Crippen LogP) is 1.76. The molecule has 0 aromatic heterocycles. The van der Waals surface area contributed by atoms with Gasteiger partial charge in [-0.15, -0.1) is 0 Å². The van der Waals surface area contributed by atoms with Crippen LogP contribution in [0, 0.1) is 5.92 Å². The molecule has 1 saturated heterocycles. The number of carbonyl (C=O) groups is 1. The fourth-order valence-electron chi connectivity index (χ4n) is 2.71. The summed E-state index contributed by atoms with van der Waals surface area (Å²) in [6, 6.07) is 4.57. The third-order valence-corrected chi connectivity index (χ3v) is 6.79. The van der Waals surface area contributed by atoms with E-state index in [4.69, 9.17) is 9.47 Å². The molecule has 8 nitrogen and oxygen atoms in total. The average Bonchev–Trinajstić information content (AvgIpc) is 2.67. The van der Waals surface area contributed by atoms with Crippen LogP contribution in [0.3, 0.4) is 0 Å². The van der Waals surface area contributed by atoms with Gasteiger partial charge >= 0.3 is 6.03 Å². The zero-order chi connectivity index (χ0) is 20.2. The maximum absolute atomic E-state index is 13.1. The fraction of sp³-hybridized carbons (Fsp3) is 0.611. The van der Waals surface area contributed by atoms with Crippen LogP contribution in [-0.4, -0.2) is 70.1 Å². The Bertz CT molecular complexity index is 758. The fourth-order valence-corrected chi connectivity index (χ4v) is 4.30. The quantitative estimate of drug-likeness (QED) is 0.788. The molecule has 1 N–H and O–H groups in total. The predicted molar refractivity (Wildman–Crippen MR) is 103 cm³/mol. The summed E-state index contributed by atoms with van der Waals surface area (Å²) in [5, 5.41) is 2.95. The first-order valence-corrected chi connectivity index (χ1v) is 10.4. The van der Waals surface area contributed by atoms with Gasteiger partial charge in [-0.05, 0) is 25.0 Å². The van der Waals surface area contributed by atoms with Crippen LogP contribution in [0.5, 0.6) is 11.5 Å². The third kappa shape index (κ3) is 4.84. The van der Waals surface area contributed by atoms with Gasteiger partial charge in [0.15, 0.2) is 0 Å². The van der Waals surface area contributed by atoms with Gasteiger partial charge in [-0.2, -0.15) is 4.31 Å². The molecule has 0 aliphatic carbocycles. The van der Waals surface area contributed by atoms with E-state index in [0.29, 0.717) is 24.8 Å². The number of rotatable bonds is 6. The highest BCUT2D eigenvalue weighted by Crippen LogP contribution is 2.31. The Kier molecular flexibility index (Phi) is 6.94. The molecule has 2 amide bonds. The molecule has 1 aromatic carbocycles. The first kappa shape index (κ1) is 21.3. The number of nitrogens with zero attached hydrogens (tertiary/aromatic N) is 2. The van der Waals surface area contributed by atoms with E-state index in [-0.39, 0.29) is 35.8 Å². The van der Waals surface area contributed by atoms with Gasteiger partial charge in [0.2, 0.25) is 10.0 Å². The van der Waals surface area contributed by atoms with E-state index in [1.54, 1.807) is 17.0 Å². The van der Waals surface area contributed by atoms with Gasteiger partial charge in [0.05, 0.1) is 14.2 Å². The van der Waals surface area contributed by atoms with E-state index in [1.165, 1.54) is 24.6 Å². The van der Waals surface area contributed by atoms with Crippen LogP contribution in [0.15, 0.2) is 23.1 Å². The lowest BCUT2D eigenvalue weighted by atomic mass is 10.1. The lowest BCUT2D eigenvalue weighted by molar-refractivity contribution is 0.167. The second kappa shape index (κ2) is 8.79. The Balaban J connectivity index is 2.10. The summed E-state index contributed by atoms with van der Waals surface area (Å²) in [6.45, 7) is 7.16. The summed E-state index contributed by atoms with van der Waals surface area (Å²) >= 11 is 0. The lowest BCUT2D eigenvalue weighted by Gasteiger charge is -2.35. The number of urea groups is 1. The van der Waals surface area contributed by atoms with Gasteiger partial charge in [-0.25, -0.2) is 13.2 Å². The minimum absolute atomic E-state index is 0.0558. The van der Waals surface area contributed by atoms with Gasteiger partial charge in [-0.1, -0.05) is 13.8 Å². The van der Waals surface area contributed by atoms with Crippen LogP contribution in [0.1, 0.15) is 20.8 Å². The molecule has 1 heterocycles. The van der Waals surface area contributed by atoms with Crippen molar-refractivity contribution in [1.82, 2.24) is 14.5 Å². The molecule has 2 rings (SSSR count). The second-order valence-electron chi connectivity index (χ2n) is 6.89. The first-order chi connectivity index (χ1) is 12.7. The number of ether oxygens (including phenoxy) is 2. The highest BCUT2D eigenvalue weighted by atomic mass is 32.2. The van der Waals surface area contributed by atoms with E-state index >= 15 is 0 Å². The summed E-state index contributed by atoms with van der Waals surface area (Å²) in [7, 11) is -0.844. The van der Waals surface area contributed by atoms with E-state index < -0.39 is 10.0 Å². The van der Waals surface area contributed by atoms with E-state index in [0.717, 1.165) is 0 Å². The van der Waals surface area contributed by atoms with Crippen molar-refractivity contribution in [1.29, 1.82) is 0 Å². The van der Waals surface area contributed by atoms with E-state index in [1.807, 2.05) is 20.8 Å². The van der Waals surface area contributed by atoms with Gasteiger partial charge < -0.3 is 19.7 Å². The van der Waals surface area contributed by atoms with Gasteiger partial charge in [0, 0.05) is 38.3 Å². The second-order valence-corrected chi connectivity index (χ2v) is 8.80. The number of amides is 2. The number of carbonyl (C=O) groups excluding carboxylic acids is 1. The monoisotopic (exact) mass is 399 g/mol. The van der Waals surface area contributed by atoms with Crippen LogP contribution in [0.2, 0.25) is 0 Å². The Morgan fingerprint density at radius 1 is 1.07 bits per heavy atom. The molecular weight excluding hydrogens is 370 g/mol. The molecule has 0 saturated carbocycles. The summed E-state index contributed by atoms with van der Waals surface area (Å²) in [5.41, 5.74) is 0. The van der Waals surface area contributed by atoms with Crippen LogP contribution in [-0.2, 0) is 10.0 Å². The molecule has 1 fully saturated rings. The molecule has 0 spiro atoms. The first-order valence-electron chi connectivity index (χ1n) is 8.98. The molecule has 27 heavy (non-hydrogen) atoms. The number of sulfonamides is 1. The summed E-state index contributed by atoms with van der Waals surface area (Å²) in [6.07, 6.45) is 0. The lowest BCUT2D eigenvalue weighted by Crippen LogP contribution is -2.54. The summed E-state index contributed by atoms with van der Waals surface area (Å²) in [4.78, 5) is 14.0. The van der Waals surface area contributed by atoms with Crippen molar-refractivity contribution >= 4 is 16.1 Å². The Labute approximate surface area is 161 Å². The summed E-state index contributed by atoms with van der Waals surface area (Å²) < 4.78 is 37.8. The number of nitrogens with one attached hydrogen (secondary N) is 1. The molecule has 1 aromatic rings. The SMILES string of the molecule is COc1ccc(OC)c(S(=O)(=O)N2CCN(C(=O)NC(C)C(C)C)CC2)c1. The number of methoxy groups -OCH3 is 2. The molecule has 1 aliphatic heterocycles. The highest BCUT2D eigenvalue weighted by Gasteiger charge is 2.32. The van der Waals surface area contributed by atoms with Crippen molar-refractivity contribution in [3.05, 3.63) is 18.2 Å². The Morgan fingerprint density at radius 3 is 2.22 bits per heavy atom. The molecule has 0 bridgehead atoms. The van der Waals surface area contributed by atoms with Crippen molar-refractivity contribution in [2.45, 2.75) is 31.7 Å². The van der Waals surface area contributed by atoms with Crippen LogP contribution in [0.25, 0.3) is 0 Å². The van der Waals surface area contributed by atoms with Crippen molar-refractivity contribution < 1.29 is 22.7 Å². The van der Waals surface area contributed by atoms with Gasteiger partial charge in [0.25, 0.3) is 0 Å². The van der Waals surface area contributed by atoms with E-state index in [2.05, 4.69) is 5.32 Å². The maximum Gasteiger partial charge on any atom is 0.317 e. The van der Waals surface area contributed by atoms with Crippen LogP contribution >= 0.6 is 0 Å². The largest absolute Gasteiger partial charge is 0.497 e. The van der Waals surface area contributed by atoms with Crippen molar-refractivity contribution in [2.75, 3.05) is 40.4 Å². The van der Waals surface area contributed by atoms with Crippen LogP contribution < -0.4 is 14.8 Å². The topological polar surface area (TPSA) is 88.2 Å². The zero-order valence-electron chi connectivity index (χ0n) is 16.6. The van der Waals surface area contributed by atoms with Gasteiger partial charge in [-0.3, -0.25) is 0 Å². The highest BCUT2D eigenvalue weighted by molar-refractivity contribution is 7.89. The zero-order valence-corrected chi connectivity index (χ0v) is 17.4. The van der Waals surface area contributed by atoms with Gasteiger partial charge in [0.1, 0.15) is 16.4 Å². The number of hydrogen-bond acceptors (Lipinski definition) is 5. The Hall–Kier alpha value is -2.00. The molecule has 0 radical (unpaired) electrons. The van der Waals surface area contributed by atoms with Crippen LogP contribution in [0.4, 0.5) is 4.79 Å². The molecule has 152 valence electrons. The molecular formula is C18H29N3O5S. The van der Waals surface area contributed by atoms with Crippen molar-refractivity contribution in [3.8, 4) is 11.5 Å². The normalized spacial score (nSPS) is 16.9. The summed E-state index contributed by atoms with van der Waals surface area (Å²) in [5.74, 6) is 1.04. The minimum atomic E-state index is -3.75. The number of piperazine rings is 1.